The van der Waals surface area contributed by atoms with Gasteiger partial charge in [0, 0.05) is 37.1 Å². The van der Waals surface area contributed by atoms with E-state index in [1.165, 1.54) is 5.56 Å². The van der Waals surface area contributed by atoms with Crippen LogP contribution < -0.4 is 5.32 Å². The van der Waals surface area contributed by atoms with Crippen LogP contribution in [0, 0.1) is 0 Å². The van der Waals surface area contributed by atoms with Crippen LogP contribution in [0.15, 0.2) is 67.5 Å². The van der Waals surface area contributed by atoms with Crippen molar-refractivity contribution in [2.24, 2.45) is 0 Å². The highest BCUT2D eigenvalue weighted by atomic mass is 15.3. The van der Waals surface area contributed by atoms with Gasteiger partial charge >= 0.3 is 0 Å². The Labute approximate surface area is 151 Å². The number of hydrogen-bond acceptors (Lipinski definition) is 5. The number of H-pyrrole nitrogens is 1. The zero-order valence-electron chi connectivity index (χ0n) is 14.2. The van der Waals surface area contributed by atoms with E-state index >= 15 is 0 Å². The molecule has 26 heavy (non-hydrogen) atoms. The summed E-state index contributed by atoms with van der Waals surface area (Å²) in [4.78, 5) is 16.0. The first kappa shape index (κ1) is 16.0. The van der Waals surface area contributed by atoms with Gasteiger partial charge in [-0.2, -0.15) is 5.10 Å². The van der Waals surface area contributed by atoms with Gasteiger partial charge in [-0.3, -0.25) is 4.68 Å². The van der Waals surface area contributed by atoms with Crippen molar-refractivity contribution in [1.82, 2.24) is 29.7 Å². The molecular weight excluding hydrogens is 326 g/mol. The first-order valence-electron chi connectivity index (χ1n) is 8.48. The molecule has 0 fully saturated rings. The molecule has 0 unspecified atom stereocenters. The van der Waals surface area contributed by atoms with E-state index in [1.54, 1.807) is 12.5 Å². The monoisotopic (exact) mass is 345 g/mol. The van der Waals surface area contributed by atoms with E-state index in [4.69, 9.17) is 0 Å². The van der Waals surface area contributed by atoms with Gasteiger partial charge < -0.3 is 10.3 Å². The van der Waals surface area contributed by atoms with Gasteiger partial charge in [0.25, 0.3) is 0 Å². The normalized spacial score (nSPS) is 10.8. The van der Waals surface area contributed by atoms with Crippen molar-refractivity contribution >= 4 is 5.95 Å². The molecule has 0 aliphatic rings. The second kappa shape index (κ2) is 7.60. The molecule has 1 aromatic carbocycles. The lowest BCUT2D eigenvalue weighted by molar-refractivity contribution is 0.687. The minimum atomic E-state index is 0.605. The molecule has 3 heterocycles. The van der Waals surface area contributed by atoms with Crippen LogP contribution in [-0.2, 0) is 13.0 Å². The zero-order valence-corrected chi connectivity index (χ0v) is 14.2. The molecule has 0 atom stereocenters. The summed E-state index contributed by atoms with van der Waals surface area (Å²) in [5.41, 5.74) is 4.04. The standard InChI is InChI=1S/C19H19N7/c1-2-4-15(5-3-1)12-26-13-16(10-24-26)18-7-9-22-19(25-18)21-8-6-17-11-20-14-23-17/h1-5,7,9-11,13-14H,6,8,12H2,(H,20,23)(H,21,22,25). The quantitative estimate of drug-likeness (QED) is 0.538. The Bertz CT molecular complexity index is 945. The second-order valence-electron chi connectivity index (χ2n) is 5.91. The summed E-state index contributed by atoms with van der Waals surface area (Å²) in [6.45, 7) is 1.46. The van der Waals surface area contributed by atoms with Gasteiger partial charge in [0.1, 0.15) is 0 Å². The topological polar surface area (TPSA) is 84.3 Å². The molecule has 0 bridgehead atoms. The predicted octanol–water partition coefficient (Wildman–Crippen LogP) is 2.77. The fourth-order valence-corrected chi connectivity index (χ4v) is 2.69. The number of benzene rings is 1. The van der Waals surface area contributed by atoms with Crippen LogP contribution >= 0.6 is 0 Å². The summed E-state index contributed by atoms with van der Waals surface area (Å²) >= 11 is 0. The third kappa shape index (κ3) is 3.94. The SMILES string of the molecule is c1ccc(Cn2cc(-c3ccnc(NCCc4c[nH]cn4)n3)cn2)cc1. The molecule has 0 amide bonds. The molecular formula is C19H19N7. The van der Waals surface area contributed by atoms with Gasteiger partial charge in [-0.1, -0.05) is 30.3 Å². The van der Waals surface area contributed by atoms with Gasteiger partial charge in [-0.05, 0) is 11.6 Å². The maximum absolute atomic E-state index is 4.58. The number of anilines is 1. The van der Waals surface area contributed by atoms with Crippen molar-refractivity contribution in [1.29, 1.82) is 0 Å². The molecule has 0 saturated carbocycles. The molecule has 0 aliphatic heterocycles. The Morgan fingerprint density at radius 3 is 2.85 bits per heavy atom. The molecule has 0 aliphatic carbocycles. The molecule has 7 heteroatoms. The van der Waals surface area contributed by atoms with Crippen molar-refractivity contribution in [2.75, 3.05) is 11.9 Å². The summed E-state index contributed by atoms with van der Waals surface area (Å²) in [5, 5.41) is 7.67. The van der Waals surface area contributed by atoms with E-state index in [-0.39, 0.29) is 0 Å². The number of hydrogen-bond donors (Lipinski definition) is 2. The number of imidazole rings is 1. The van der Waals surface area contributed by atoms with Crippen molar-refractivity contribution in [3.8, 4) is 11.3 Å². The molecule has 130 valence electrons. The smallest absolute Gasteiger partial charge is 0.223 e. The Hall–Kier alpha value is -3.48. The Kier molecular flexibility index (Phi) is 4.68. The van der Waals surface area contributed by atoms with Crippen LogP contribution in [0.1, 0.15) is 11.3 Å². The van der Waals surface area contributed by atoms with E-state index in [0.29, 0.717) is 5.95 Å². The number of aromatic nitrogens is 6. The van der Waals surface area contributed by atoms with Gasteiger partial charge in [0.05, 0.1) is 30.5 Å². The van der Waals surface area contributed by atoms with E-state index in [9.17, 15) is 0 Å². The summed E-state index contributed by atoms with van der Waals surface area (Å²) in [7, 11) is 0. The first-order valence-corrected chi connectivity index (χ1v) is 8.48. The van der Waals surface area contributed by atoms with Crippen LogP contribution in [0.25, 0.3) is 11.3 Å². The highest BCUT2D eigenvalue weighted by molar-refractivity contribution is 5.57. The number of aromatic amines is 1. The fourth-order valence-electron chi connectivity index (χ4n) is 2.69. The minimum Gasteiger partial charge on any atom is -0.354 e. The van der Waals surface area contributed by atoms with Gasteiger partial charge in [0.15, 0.2) is 0 Å². The molecule has 0 spiro atoms. The molecule has 2 N–H and O–H groups in total. The summed E-state index contributed by atoms with van der Waals surface area (Å²) in [6, 6.07) is 12.2. The molecule has 7 nitrogen and oxygen atoms in total. The van der Waals surface area contributed by atoms with E-state index in [1.807, 2.05) is 47.5 Å². The second-order valence-corrected chi connectivity index (χ2v) is 5.91. The molecule has 0 saturated heterocycles. The largest absolute Gasteiger partial charge is 0.354 e. The summed E-state index contributed by atoms with van der Waals surface area (Å²) in [6.07, 6.45) is 9.97. The number of nitrogens with one attached hydrogen (secondary N) is 2. The van der Waals surface area contributed by atoms with Crippen molar-refractivity contribution in [3.63, 3.8) is 0 Å². The van der Waals surface area contributed by atoms with Crippen molar-refractivity contribution < 1.29 is 0 Å². The summed E-state index contributed by atoms with van der Waals surface area (Å²) < 4.78 is 1.91. The predicted molar refractivity (Wildman–Crippen MR) is 99.6 cm³/mol. The van der Waals surface area contributed by atoms with Crippen LogP contribution in [0.4, 0.5) is 5.95 Å². The lowest BCUT2D eigenvalue weighted by Crippen LogP contribution is -2.08. The Morgan fingerprint density at radius 2 is 2.00 bits per heavy atom. The van der Waals surface area contributed by atoms with Crippen LogP contribution in [0.5, 0.6) is 0 Å². The Morgan fingerprint density at radius 1 is 1.08 bits per heavy atom. The average Bonchev–Trinajstić information content (AvgIpc) is 3.35. The molecule has 4 aromatic rings. The summed E-state index contributed by atoms with van der Waals surface area (Å²) in [5.74, 6) is 0.605. The van der Waals surface area contributed by atoms with Gasteiger partial charge in [-0.25, -0.2) is 15.0 Å². The highest BCUT2D eigenvalue weighted by Crippen LogP contribution is 2.17. The van der Waals surface area contributed by atoms with Crippen molar-refractivity contribution in [3.05, 3.63) is 78.8 Å². The van der Waals surface area contributed by atoms with E-state index < -0.39 is 0 Å². The zero-order chi connectivity index (χ0) is 17.6. The average molecular weight is 345 g/mol. The molecule has 0 radical (unpaired) electrons. The van der Waals surface area contributed by atoms with E-state index in [0.717, 1.165) is 36.5 Å². The third-order valence-electron chi connectivity index (χ3n) is 3.99. The number of rotatable bonds is 7. The fraction of sp³-hybridized carbons (Fsp3) is 0.158. The lowest BCUT2D eigenvalue weighted by atomic mass is 10.2. The Balaban J connectivity index is 1.41. The minimum absolute atomic E-state index is 0.605. The maximum atomic E-state index is 4.58. The number of nitrogens with zero attached hydrogens (tertiary/aromatic N) is 5. The van der Waals surface area contributed by atoms with Crippen molar-refractivity contribution in [2.45, 2.75) is 13.0 Å². The third-order valence-corrected chi connectivity index (χ3v) is 3.99. The molecule has 4 rings (SSSR count). The van der Waals surface area contributed by atoms with Crippen LogP contribution in [-0.4, -0.2) is 36.3 Å². The first-order chi connectivity index (χ1) is 12.9. The van der Waals surface area contributed by atoms with Gasteiger partial charge in [-0.15, -0.1) is 0 Å². The van der Waals surface area contributed by atoms with E-state index in [2.05, 4.69) is 42.5 Å². The van der Waals surface area contributed by atoms with Crippen LogP contribution in [0.2, 0.25) is 0 Å². The maximum Gasteiger partial charge on any atom is 0.223 e. The van der Waals surface area contributed by atoms with Crippen LogP contribution in [0.3, 0.4) is 0 Å². The highest BCUT2D eigenvalue weighted by Gasteiger charge is 2.06. The lowest BCUT2D eigenvalue weighted by Gasteiger charge is -2.04. The van der Waals surface area contributed by atoms with Gasteiger partial charge in [0.2, 0.25) is 5.95 Å². The molecule has 3 aromatic heterocycles.